The molecule has 4 rings (SSSR count). The van der Waals surface area contributed by atoms with Crippen molar-refractivity contribution in [3.05, 3.63) is 119 Å². The molecule has 0 spiro atoms. The molecule has 1 unspecified atom stereocenters. The minimum atomic E-state index is -0.700. The predicted molar refractivity (Wildman–Crippen MR) is 172 cm³/mol. The molecule has 0 radical (unpaired) electrons. The van der Waals surface area contributed by atoms with Gasteiger partial charge in [0.1, 0.15) is 23.0 Å². The lowest BCUT2D eigenvalue weighted by Crippen LogP contribution is -2.30. The van der Waals surface area contributed by atoms with E-state index in [4.69, 9.17) is 21.1 Å². The maximum absolute atomic E-state index is 14.6. The first-order valence-corrected chi connectivity index (χ1v) is 14.6. The summed E-state index contributed by atoms with van der Waals surface area (Å²) in [5, 5.41) is 7.72. The molecular weight excluding hydrogens is 605 g/mol. The van der Waals surface area contributed by atoms with Gasteiger partial charge in [0.05, 0.1) is 24.5 Å². The number of halogens is 2. The molecule has 4 aromatic rings. The van der Waals surface area contributed by atoms with E-state index in [0.717, 1.165) is 0 Å². The Hall–Kier alpha value is -4.80. The smallest absolute Gasteiger partial charge is 0.272 e. The van der Waals surface area contributed by atoms with Crippen LogP contribution in [0.4, 0.5) is 15.8 Å². The quantitative estimate of drug-likeness (QED) is 0.121. The maximum atomic E-state index is 14.6. The molecule has 0 aliphatic heterocycles. The Morgan fingerprint density at radius 2 is 1.52 bits per heavy atom. The summed E-state index contributed by atoms with van der Waals surface area (Å²) in [6.07, 6.45) is 1.19. The number of carbonyl (C=O) groups is 3. The van der Waals surface area contributed by atoms with E-state index in [2.05, 4.69) is 16.0 Å². The van der Waals surface area contributed by atoms with E-state index in [1.165, 1.54) is 50.3 Å². The first-order valence-electron chi connectivity index (χ1n) is 13.3. The van der Waals surface area contributed by atoms with E-state index in [0.29, 0.717) is 33.3 Å². The van der Waals surface area contributed by atoms with E-state index in [-0.39, 0.29) is 22.2 Å². The van der Waals surface area contributed by atoms with Gasteiger partial charge in [0.15, 0.2) is 0 Å². The van der Waals surface area contributed by atoms with Crippen LogP contribution in [0.2, 0.25) is 5.02 Å². The molecule has 4 aromatic carbocycles. The fourth-order valence-electron chi connectivity index (χ4n) is 3.96. The number of rotatable bonds is 11. The molecule has 44 heavy (non-hydrogen) atoms. The molecule has 0 fully saturated rings. The third-order valence-corrected chi connectivity index (χ3v) is 7.63. The number of anilines is 2. The monoisotopic (exact) mass is 633 g/mol. The number of benzene rings is 4. The zero-order valence-corrected chi connectivity index (χ0v) is 25.6. The van der Waals surface area contributed by atoms with Gasteiger partial charge in [-0.3, -0.25) is 14.4 Å². The number of carbonyl (C=O) groups excluding carboxylic acids is 3. The molecule has 0 aliphatic carbocycles. The van der Waals surface area contributed by atoms with Crippen molar-refractivity contribution in [3.8, 4) is 11.5 Å². The van der Waals surface area contributed by atoms with Crippen LogP contribution in [-0.2, 0) is 9.59 Å². The first-order chi connectivity index (χ1) is 21.2. The van der Waals surface area contributed by atoms with Gasteiger partial charge in [-0.05, 0) is 55.5 Å². The van der Waals surface area contributed by atoms with Crippen molar-refractivity contribution in [2.75, 3.05) is 24.9 Å². The van der Waals surface area contributed by atoms with Crippen molar-refractivity contribution in [2.45, 2.75) is 17.1 Å². The Kier molecular flexibility index (Phi) is 11.0. The van der Waals surface area contributed by atoms with Crippen molar-refractivity contribution in [2.24, 2.45) is 0 Å². The molecule has 0 saturated heterocycles. The lowest BCUT2D eigenvalue weighted by molar-refractivity contribution is -0.115. The van der Waals surface area contributed by atoms with E-state index >= 15 is 0 Å². The lowest BCUT2D eigenvalue weighted by Gasteiger charge is -2.15. The number of thioether (sulfide) groups is 1. The SMILES string of the molecule is COc1cc(NC(=O)C(C)Sc2cccc(NC(=O)/C(=C\c3c(F)cccc3Cl)NC(=O)c3ccccc3)c2)cc(OC)c1. The molecule has 3 amide bonds. The minimum absolute atomic E-state index is 0.0505. The van der Waals surface area contributed by atoms with Gasteiger partial charge in [0.2, 0.25) is 5.91 Å². The predicted octanol–water partition coefficient (Wildman–Crippen LogP) is 7.03. The Balaban J connectivity index is 1.50. The fourth-order valence-corrected chi connectivity index (χ4v) is 5.11. The highest BCUT2D eigenvalue weighted by Crippen LogP contribution is 2.29. The van der Waals surface area contributed by atoms with Gasteiger partial charge in [-0.1, -0.05) is 41.9 Å². The van der Waals surface area contributed by atoms with Crippen molar-refractivity contribution >= 4 is 58.5 Å². The van der Waals surface area contributed by atoms with Crippen molar-refractivity contribution in [1.29, 1.82) is 0 Å². The third kappa shape index (κ3) is 8.62. The average molecular weight is 634 g/mol. The van der Waals surface area contributed by atoms with Gasteiger partial charge < -0.3 is 25.4 Å². The molecule has 11 heteroatoms. The number of nitrogens with one attached hydrogen (secondary N) is 3. The van der Waals surface area contributed by atoms with Crippen LogP contribution in [0.3, 0.4) is 0 Å². The average Bonchev–Trinajstić information content (AvgIpc) is 3.02. The van der Waals surface area contributed by atoms with Crippen LogP contribution in [0.15, 0.2) is 102 Å². The Morgan fingerprint density at radius 1 is 0.841 bits per heavy atom. The highest BCUT2D eigenvalue weighted by atomic mass is 35.5. The minimum Gasteiger partial charge on any atom is -0.497 e. The first kappa shape index (κ1) is 32.1. The number of amides is 3. The Bertz CT molecular complexity index is 1660. The van der Waals surface area contributed by atoms with Crippen LogP contribution >= 0.6 is 23.4 Å². The highest BCUT2D eigenvalue weighted by Gasteiger charge is 2.19. The molecule has 0 aromatic heterocycles. The number of ether oxygens (including phenoxy) is 2. The molecule has 8 nitrogen and oxygen atoms in total. The van der Waals surface area contributed by atoms with Crippen LogP contribution in [0, 0.1) is 5.82 Å². The second-order valence-electron chi connectivity index (χ2n) is 9.35. The number of hydrogen-bond donors (Lipinski definition) is 3. The van der Waals surface area contributed by atoms with Crippen molar-refractivity contribution < 1.29 is 28.2 Å². The summed E-state index contributed by atoms with van der Waals surface area (Å²) in [5.41, 5.74) is 0.954. The number of methoxy groups -OCH3 is 2. The summed E-state index contributed by atoms with van der Waals surface area (Å²) < 4.78 is 25.1. The van der Waals surface area contributed by atoms with E-state index < -0.39 is 22.9 Å². The summed E-state index contributed by atoms with van der Waals surface area (Å²) >= 11 is 7.47. The van der Waals surface area contributed by atoms with Crippen molar-refractivity contribution in [3.63, 3.8) is 0 Å². The highest BCUT2D eigenvalue weighted by molar-refractivity contribution is 8.00. The number of hydrogen-bond acceptors (Lipinski definition) is 6. The summed E-state index contributed by atoms with van der Waals surface area (Å²) in [6.45, 7) is 1.75. The summed E-state index contributed by atoms with van der Waals surface area (Å²) in [5.74, 6) is -1.10. The summed E-state index contributed by atoms with van der Waals surface area (Å²) in [6, 6.07) is 24.3. The van der Waals surface area contributed by atoms with Crippen molar-refractivity contribution in [1.82, 2.24) is 5.32 Å². The molecule has 0 heterocycles. The van der Waals surface area contributed by atoms with Gasteiger partial charge in [-0.15, -0.1) is 11.8 Å². The molecule has 3 N–H and O–H groups in total. The molecule has 0 bridgehead atoms. The van der Waals surface area contributed by atoms with Crippen LogP contribution < -0.4 is 25.4 Å². The Labute approximate surface area is 263 Å². The zero-order chi connectivity index (χ0) is 31.6. The van der Waals surface area contributed by atoms with E-state index in [9.17, 15) is 18.8 Å². The van der Waals surface area contributed by atoms with Gasteiger partial charge in [-0.25, -0.2) is 4.39 Å². The third-order valence-electron chi connectivity index (χ3n) is 6.21. The Morgan fingerprint density at radius 3 is 2.18 bits per heavy atom. The second-order valence-corrected chi connectivity index (χ2v) is 11.2. The van der Waals surface area contributed by atoms with Crippen LogP contribution in [0.25, 0.3) is 6.08 Å². The summed E-state index contributed by atoms with van der Waals surface area (Å²) in [7, 11) is 3.05. The van der Waals surface area contributed by atoms with Gasteiger partial charge in [-0.2, -0.15) is 0 Å². The zero-order valence-electron chi connectivity index (χ0n) is 24.0. The second kappa shape index (κ2) is 15.1. The molecule has 0 saturated carbocycles. The van der Waals surface area contributed by atoms with Crippen LogP contribution in [0.5, 0.6) is 11.5 Å². The standard InChI is InChI=1S/C33H29ClFN3O5S/c1-20(31(39)37-23-15-24(42-2)18-25(16-23)43-3)44-26-12-7-11-22(17-26)36-33(41)30(19-27-28(34)13-8-14-29(27)35)38-32(40)21-9-5-4-6-10-21/h4-20H,1-3H3,(H,36,41)(H,37,39)(H,38,40)/b30-19+. The maximum Gasteiger partial charge on any atom is 0.272 e. The lowest BCUT2D eigenvalue weighted by atomic mass is 10.1. The largest absolute Gasteiger partial charge is 0.497 e. The molecular formula is C33H29ClFN3O5S. The molecule has 0 aliphatic rings. The van der Waals surface area contributed by atoms with E-state index in [1.54, 1.807) is 79.7 Å². The van der Waals surface area contributed by atoms with Gasteiger partial charge >= 0.3 is 0 Å². The van der Waals surface area contributed by atoms with Gasteiger partial charge in [0.25, 0.3) is 11.8 Å². The van der Waals surface area contributed by atoms with Crippen LogP contribution in [-0.4, -0.2) is 37.2 Å². The normalized spacial score (nSPS) is 11.7. The van der Waals surface area contributed by atoms with E-state index in [1.807, 2.05) is 0 Å². The fraction of sp³-hybridized carbons (Fsp3) is 0.121. The van der Waals surface area contributed by atoms with Crippen LogP contribution in [0.1, 0.15) is 22.8 Å². The molecule has 1 atom stereocenters. The summed E-state index contributed by atoms with van der Waals surface area (Å²) in [4.78, 5) is 39.9. The topological polar surface area (TPSA) is 106 Å². The molecule has 226 valence electrons. The van der Waals surface area contributed by atoms with Gasteiger partial charge in [0, 0.05) is 45.6 Å².